The number of alkyl halides is 3. The van der Waals surface area contributed by atoms with Crippen LogP contribution in [-0.2, 0) is 6.54 Å². The number of H-pyrrole nitrogens is 1. The van der Waals surface area contributed by atoms with E-state index in [4.69, 9.17) is 0 Å². The summed E-state index contributed by atoms with van der Waals surface area (Å²) in [6, 6.07) is 5.94. The first-order valence-corrected chi connectivity index (χ1v) is 5.86. The third kappa shape index (κ3) is 4.79. The van der Waals surface area contributed by atoms with Crippen molar-refractivity contribution < 1.29 is 22.7 Å². The number of carbonyl (C=O) groups is 1. The molecule has 6 nitrogen and oxygen atoms in total. The van der Waals surface area contributed by atoms with Gasteiger partial charge in [0, 0.05) is 6.54 Å². The van der Waals surface area contributed by atoms with Gasteiger partial charge in [-0.3, -0.25) is 4.79 Å². The number of aromatic amines is 1. The van der Waals surface area contributed by atoms with E-state index in [9.17, 15) is 18.0 Å². The summed E-state index contributed by atoms with van der Waals surface area (Å²) >= 11 is 0. The molecule has 0 aliphatic carbocycles. The van der Waals surface area contributed by atoms with E-state index in [0.29, 0.717) is 5.56 Å². The van der Waals surface area contributed by atoms with Crippen molar-refractivity contribution in [2.45, 2.75) is 12.7 Å². The average molecular weight is 300 g/mol. The zero-order valence-corrected chi connectivity index (χ0v) is 10.6. The van der Waals surface area contributed by atoms with Crippen LogP contribution >= 0.6 is 0 Å². The highest BCUT2D eigenvalue weighted by atomic mass is 19.4. The number of nitrogens with one attached hydrogen (secondary N) is 2. The Morgan fingerprint density at radius 1 is 1.29 bits per heavy atom. The standard InChI is InChI=1S/C12H11F3N4O2/c13-12(14,15)7-21-9-3-1-8(2-4-9)5-16-11(20)10-6-17-19-18-10/h1-4,6H,5,7H2,(H,16,20)(H,17,18,19). The lowest BCUT2D eigenvalue weighted by atomic mass is 10.2. The van der Waals surface area contributed by atoms with Crippen molar-refractivity contribution >= 4 is 5.91 Å². The molecule has 1 heterocycles. The molecule has 21 heavy (non-hydrogen) atoms. The predicted molar refractivity (Wildman–Crippen MR) is 65.5 cm³/mol. The van der Waals surface area contributed by atoms with Gasteiger partial charge in [0.15, 0.2) is 12.3 Å². The second kappa shape index (κ2) is 6.25. The number of amides is 1. The van der Waals surface area contributed by atoms with E-state index in [2.05, 4.69) is 25.5 Å². The first kappa shape index (κ1) is 14.8. The van der Waals surface area contributed by atoms with Crippen LogP contribution in [0, 0.1) is 0 Å². The Bertz CT molecular complexity index is 582. The quantitative estimate of drug-likeness (QED) is 0.880. The summed E-state index contributed by atoms with van der Waals surface area (Å²) in [5, 5.41) is 12.0. The van der Waals surface area contributed by atoms with Crippen LogP contribution < -0.4 is 10.1 Å². The van der Waals surface area contributed by atoms with Gasteiger partial charge in [-0.2, -0.15) is 28.6 Å². The molecule has 0 aliphatic heterocycles. The van der Waals surface area contributed by atoms with Gasteiger partial charge in [0.2, 0.25) is 0 Å². The Balaban J connectivity index is 1.84. The fourth-order valence-electron chi connectivity index (χ4n) is 1.45. The van der Waals surface area contributed by atoms with Crippen molar-refractivity contribution in [1.82, 2.24) is 20.7 Å². The fourth-order valence-corrected chi connectivity index (χ4v) is 1.45. The van der Waals surface area contributed by atoms with Crippen molar-refractivity contribution in [1.29, 1.82) is 0 Å². The molecule has 1 amide bonds. The number of carbonyl (C=O) groups excluding carboxylic acids is 1. The van der Waals surface area contributed by atoms with E-state index >= 15 is 0 Å². The second-order valence-electron chi connectivity index (χ2n) is 4.09. The number of aromatic nitrogens is 3. The van der Waals surface area contributed by atoms with Crippen molar-refractivity contribution in [3.63, 3.8) is 0 Å². The van der Waals surface area contributed by atoms with E-state index in [0.717, 1.165) is 0 Å². The van der Waals surface area contributed by atoms with Gasteiger partial charge in [-0.25, -0.2) is 0 Å². The highest BCUT2D eigenvalue weighted by Gasteiger charge is 2.28. The molecule has 0 saturated carbocycles. The van der Waals surface area contributed by atoms with Crippen molar-refractivity contribution in [3.8, 4) is 5.75 Å². The first-order chi connectivity index (χ1) is 9.94. The number of benzene rings is 1. The number of ether oxygens (including phenoxy) is 1. The van der Waals surface area contributed by atoms with Gasteiger partial charge in [-0.15, -0.1) is 0 Å². The van der Waals surface area contributed by atoms with Gasteiger partial charge in [0.1, 0.15) is 5.75 Å². The lowest BCUT2D eigenvalue weighted by Crippen LogP contribution is -2.23. The predicted octanol–water partition coefficient (Wildman–Crippen LogP) is 1.68. The minimum atomic E-state index is -4.37. The third-order valence-corrected chi connectivity index (χ3v) is 2.43. The summed E-state index contributed by atoms with van der Waals surface area (Å²) < 4.78 is 40.5. The van der Waals surface area contributed by atoms with Crippen LogP contribution in [0.1, 0.15) is 16.1 Å². The summed E-state index contributed by atoms with van der Waals surface area (Å²) in [6.45, 7) is -1.12. The number of hydrogen-bond donors (Lipinski definition) is 2. The Kier molecular flexibility index (Phi) is 4.41. The minimum Gasteiger partial charge on any atom is -0.484 e. The largest absolute Gasteiger partial charge is 0.484 e. The van der Waals surface area contributed by atoms with Crippen molar-refractivity contribution in [2.24, 2.45) is 0 Å². The molecule has 0 unspecified atom stereocenters. The molecule has 2 rings (SSSR count). The second-order valence-corrected chi connectivity index (χ2v) is 4.09. The average Bonchev–Trinajstić information content (AvgIpc) is 2.97. The van der Waals surface area contributed by atoms with Crippen LogP contribution in [0.3, 0.4) is 0 Å². The maximum Gasteiger partial charge on any atom is 0.422 e. The molecule has 0 radical (unpaired) electrons. The number of hydrogen-bond acceptors (Lipinski definition) is 4. The van der Waals surface area contributed by atoms with Gasteiger partial charge in [-0.1, -0.05) is 12.1 Å². The van der Waals surface area contributed by atoms with Gasteiger partial charge in [0.05, 0.1) is 6.20 Å². The molecule has 0 saturated heterocycles. The number of nitrogens with zero attached hydrogens (tertiary/aromatic N) is 2. The normalized spacial score (nSPS) is 11.2. The Labute approximate surface area is 117 Å². The van der Waals surface area contributed by atoms with Gasteiger partial charge >= 0.3 is 6.18 Å². The van der Waals surface area contributed by atoms with E-state index in [1.165, 1.54) is 18.3 Å². The molecular formula is C12H11F3N4O2. The fraction of sp³-hybridized carbons (Fsp3) is 0.250. The molecule has 0 aliphatic rings. The highest BCUT2D eigenvalue weighted by molar-refractivity contribution is 5.91. The summed E-state index contributed by atoms with van der Waals surface area (Å²) in [5.74, 6) is -0.292. The number of halogens is 3. The third-order valence-electron chi connectivity index (χ3n) is 2.43. The molecule has 2 aromatic rings. The first-order valence-electron chi connectivity index (χ1n) is 5.86. The molecule has 1 aromatic heterocycles. The number of rotatable bonds is 5. The molecule has 0 spiro atoms. The summed E-state index contributed by atoms with van der Waals surface area (Å²) in [6.07, 6.45) is -3.09. The molecule has 1 aromatic carbocycles. The maximum absolute atomic E-state index is 12.0. The van der Waals surface area contributed by atoms with Crippen LogP contribution in [0.4, 0.5) is 13.2 Å². The summed E-state index contributed by atoms with van der Waals surface area (Å²) in [7, 11) is 0. The Morgan fingerprint density at radius 2 is 2.00 bits per heavy atom. The van der Waals surface area contributed by atoms with Crippen LogP contribution in [0.25, 0.3) is 0 Å². The van der Waals surface area contributed by atoms with Crippen molar-refractivity contribution in [3.05, 3.63) is 41.7 Å². The smallest absolute Gasteiger partial charge is 0.422 e. The monoisotopic (exact) mass is 300 g/mol. The van der Waals surface area contributed by atoms with Crippen LogP contribution in [0.2, 0.25) is 0 Å². The molecule has 2 N–H and O–H groups in total. The zero-order valence-electron chi connectivity index (χ0n) is 10.6. The molecule has 0 atom stereocenters. The Hall–Kier alpha value is -2.58. The Morgan fingerprint density at radius 3 is 2.57 bits per heavy atom. The summed E-state index contributed by atoms with van der Waals surface area (Å²) in [4.78, 5) is 11.6. The maximum atomic E-state index is 12.0. The lowest BCUT2D eigenvalue weighted by Gasteiger charge is -2.09. The molecule has 112 valence electrons. The van der Waals surface area contributed by atoms with E-state index in [1.54, 1.807) is 12.1 Å². The topological polar surface area (TPSA) is 79.9 Å². The minimum absolute atomic E-state index is 0.110. The lowest BCUT2D eigenvalue weighted by molar-refractivity contribution is -0.153. The van der Waals surface area contributed by atoms with Gasteiger partial charge in [-0.05, 0) is 17.7 Å². The molecular weight excluding hydrogens is 289 g/mol. The summed E-state index contributed by atoms with van der Waals surface area (Å²) in [5.41, 5.74) is 0.867. The molecule has 0 fully saturated rings. The molecule has 9 heteroatoms. The van der Waals surface area contributed by atoms with E-state index in [1.807, 2.05) is 0 Å². The zero-order chi connectivity index (χ0) is 15.3. The van der Waals surface area contributed by atoms with Crippen LogP contribution in [0.15, 0.2) is 30.5 Å². The SMILES string of the molecule is O=C(NCc1ccc(OCC(F)(F)F)cc1)c1cn[nH]n1. The van der Waals surface area contributed by atoms with E-state index < -0.39 is 18.7 Å². The van der Waals surface area contributed by atoms with Crippen LogP contribution in [-0.4, -0.2) is 34.1 Å². The van der Waals surface area contributed by atoms with Crippen molar-refractivity contribution in [2.75, 3.05) is 6.61 Å². The molecule has 0 bridgehead atoms. The van der Waals surface area contributed by atoms with Gasteiger partial charge < -0.3 is 10.1 Å². The van der Waals surface area contributed by atoms with E-state index in [-0.39, 0.29) is 18.0 Å². The van der Waals surface area contributed by atoms with Crippen LogP contribution in [0.5, 0.6) is 5.75 Å². The highest BCUT2D eigenvalue weighted by Crippen LogP contribution is 2.18. The van der Waals surface area contributed by atoms with Gasteiger partial charge in [0.25, 0.3) is 5.91 Å².